The molecule has 1 aromatic carbocycles. The van der Waals surface area contributed by atoms with E-state index in [0.717, 1.165) is 48.5 Å². The zero-order valence-electron chi connectivity index (χ0n) is 14.8. The second-order valence-corrected chi connectivity index (χ2v) is 6.61. The van der Waals surface area contributed by atoms with Crippen LogP contribution in [0.2, 0.25) is 5.02 Å². The van der Waals surface area contributed by atoms with E-state index < -0.39 is 0 Å². The first-order valence-corrected chi connectivity index (χ1v) is 9.24. The summed E-state index contributed by atoms with van der Waals surface area (Å²) in [5.74, 6) is 2.29. The van der Waals surface area contributed by atoms with Crippen LogP contribution in [0.5, 0.6) is 0 Å². The predicted molar refractivity (Wildman–Crippen MR) is 107 cm³/mol. The van der Waals surface area contributed by atoms with Gasteiger partial charge in [-0.25, -0.2) is 15.0 Å². The van der Waals surface area contributed by atoms with Gasteiger partial charge >= 0.3 is 0 Å². The number of hydrogen-bond acceptors (Lipinski definition) is 7. The van der Waals surface area contributed by atoms with Crippen LogP contribution >= 0.6 is 11.6 Å². The Hall–Kier alpha value is -2.93. The van der Waals surface area contributed by atoms with Gasteiger partial charge in [-0.15, -0.1) is 0 Å². The monoisotopic (exact) mass is 381 g/mol. The Morgan fingerprint density at radius 2 is 1.59 bits per heavy atom. The fourth-order valence-electron chi connectivity index (χ4n) is 3.02. The van der Waals surface area contributed by atoms with Crippen LogP contribution in [0.4, 0.5) is 17.7 Å². The Kier molecular flexibility index (Phi) is 5.29. The summed E-state index contributed by atoms with van der Waals surface area (Å²) in [5, 5.41) is 3.99. The van der Waals surface area contributed by atoms with Crippen molar-refractivity contribution in [3.63, 3.8) is 0 Å². The zero-order chi connectivity index (χ0) is 18.5. The molecule has 1 fully saturated rings. The average Bonchev–Trinajstić information content (AvgIpc) is 2.74. The van der Waals surface area contributed by atoms with Crippen LogP contribution in [0.1, 0.15) is 5.56 Å². The third-order valence-corrected chi connectivity index (χ3v) is 4.84. The molecule has 4 rings (SSSR count). The Bertz CT molecular complexity index is 882. The van der Waals surface area contributed by atoms with Crippen molar-refractivity contribution in [1.82, 2.24) is 19.9 Å². The summed E-state index contributed by atoms with van der Waals surface area (Å²) in [5.41, 5.74) is 1.02. The third-order valence-electron chi connectivity index (χ3n) is 4.47. The number of hydrogen-bond donors (Lipinski definition) is 1. The molecule has 0 spiro atoms. The van der Waals surface area contributed by atoms with Crippen LogP contribution in [0.25, 0.3) is 0 Å². The van der Waals surface area contributed by atoms with Gasteiger partial charge in [-0.05, 0) is 23.8 Å². The quantitative estimate of drug-likeness (QED) is 0.728. The minimum atomic E-state index is 0.586. The highest BCUT2D eigenvalue weighted by Crippen LogP contribution is 2.19. The van der Waals surface area contributed by atoms with Crippen molar-refractivity contribution in [2.45, 2.75) is 6.54 Å². The predicted octanol–water partition coefficient (Wildman–Crippen LogP) is 2.86. The topological polar surface area (TPSA) is 70.1 Å². The molecule has 27 heavy (non-hydrogen) atoms. The van der Waals surface area contributed by atoms with E-state index in [0.29, 0.717) is 12.5 Å². The molecule has 8 heteroatoms. The molecule has 3 aromatic rings. The van der Waals surface area contributed by atoms with E-state index in [4.69, 9.17) is 11.6 Å². The van der Waals surface area contributed by atoms with Gasteiger partial charge in [-0.2, -0.15) is 4.98 Å². The van der Waals surface area contributed by atoms with Crippen molar-refractivity contribution in [3.05, 3.63) is 65.6 Å². The largest absolute Gasteiger partial charge is 0.353 e. The van der Waals surface area contributed by atoms with Gasteiger partial charge in [0.15, 0.2) is 0 Å². The second kappa shape index (κ2) is 8.18. The second-order valence-electron chi connectivity index (χ2n) is 6.21. The Morgan fingerprint density at radius 3 is 2.37 bits per heavy atom. The summed E-state index contributed by atoms with van der Waals surface area (Å²) in [6, 6.07) is 11.5. The van der Waals surface area contributed by atoms with Crippen LogP contribution in [0, 0.1) is 0 Å². The summed E-state index contributed by atoms with van der Waals surface area (Å²) < 4.78 is 0. The van der Waals surface area contributed by atoms with Crippen molar-refractivity contribution in [3.8, 4) is 0 Å². The van der Waals surface area contributed by atoms with Crippen molar-refractivity contribution >= 4 is 29.3 Å². The van der Waals surface area contributed by atoms with Gasteiger partial charge < -0.3 is 15.1 Å². The van der Waals surface area contributed by atoms with Gasteiger partial charge in [0.2, 0.25) is 11.9 Å². The molecular weight excluding hydrogens is 362 g/mol. The number of benzene rings is 1. The number of anilines is 3. The highest BCUT2D eigenvalue weighted by atomic mass is 35.5. The van der Waals surface area contributed by atoms with E-state index in [1.807, 2.05) is 36.4 Å². The first-order valence-electron chi connectivity index (χ1n) is 8.87. The number of nitrogens with zero attached hydrogens (tertiary/aromatic N) is 6. The molecule has 1 saturated heterocycles. The zero-order valence-corrected chi connectivity index (χ0v) is 15.5. The first-order chi connectivity index (χ1) is 13.3. The maximum absolute atomic E-state index is 6.20. The molecule has 1 aliphatic rings. The molecule has 3 heterocycles. The van der Waals surface area contributed by atoms with E-state index in [9.17, 15) is 0 Å². The molecule has 138 valence electrons. The third kappa shape index (κ3) is 4.25. The summed E-state index contributed by atoms with van der Waals surface area (Å²) in [6.07, 6.45) is 5.33. The molecule has 0 atom stereocenters. The smallest absolute Gasteiger partial charge is 0.225 e. The molecule has 0 radical (unpaired) electrons. The van der Waals surface area contributed by atoms with Crippen molar-refractivity contribution < 1.29 is 0 Å². The van der Waals surface area contributed by atoms with Crippen LogP contribution in [0.3, 0.4) is 0 Å². The summed E-state index contributed by atoms with van der Waals surface area (Å²) in [6.45, 7) is 4.02. The van der Waals surface area contributed by atoms with E-state index in [-0.39, 0.29) is 0 Å². The van der Waals surface area contributed by atoms with Crippen molar-refractivity contribution in [2.75, 3.05) is 41.3 Å². The van der Waals surface area contributed by atoms with Crippen molar-refractivity contribution in [2.24, 2.45) is 0 Å². The number of nitrogens with one attached hydrogen (secondary N) is 1. The molecule has 0 bridgehead atoms. The summed E-state index contributed by atoms with van der Waals surface area (Å²) in [7, 11) is 0. The van der Waals surface area contributed by atoms with Gasteiger partial charge in [0, 0.05) is 56.3 Å². The van der Waals surface area contributed by atoms with E-state index in [1.165, 1.54) is 0 Å². The van der Waals surface area contributed by atoms with Gasteiger partial charge in [0.1, 0.15) is 5.82 Å². The summed E-state index contributed by atoms with van der Waals surface area (Å²) in [4.78, 5) is 22.1. The minimum absolute atomic E-state index is 0.586. The molecule has 7 nitrogen and oxygen atoms in total. The van der Waals surface area contributed by atoms with Crippen LogP contribution in [-0.2, 0) is 6.54 Å². The first kappa shape index (κ1) is 17.5. The number of rotatable bonds is 5. The average molecular weight is 382 g/mol. The molecule has 1 aliphatic heterocycles. The van der Waals surface area contributed by atoms with E-state index >= 15 is 0 Å². The van der Waals surface area contributed by atoms with Crippen LogP contribution in [0.15, 0.2) is 55.0 Å². The van der Waals surface area contributed by atoms with E-state index in [2.05, 4.69) is 35.1 Å². The molecule has 0 aliphatic carbocycles. The SMILES string of the molecule is Clc1ccccc1CNc1nccc(N2CCN(c3ncccn3)CC2)n1. The number of aromatic nitrogens is 4. The Balaban J connectivity index is 1.37. The molecule has 1 N–H and O–H groups in total. The lowest BCUT2D eigenvalue weighted by atomic mass is 10.2. The molecule has 0 amide bonds. The molecule has 2 aromatic heterocycles. The van der Waals surface area contributed by atoms with Crippen LogP contribution in [-0.4, -0.2) is 46.1 Å². The maximum Gasteiger partial charge on any atom is 0.225 e. The lowest BCUT2D eigenvalue weighted by Gasteiger charge is -2.35. The highest BCUT2D eigenvalue weighted by Gasteiger charge is 2.20. The highest BCUT2D eigenvalue weighted by molar-refractivity contribution is 6.31. The number of piperazine rings is 1. The fraction of sp³-hybridized carbons (Fsp3) is 0.263. The normalized spacial score (nSPS) is 14.3. The fourth-order valence-corrected chi connectivity index (χ4v) is 3.22. The lowest BCUT2D eigenvalue weighted by molar-refractivity contribution is 0.634. The Labute approximate surface area is 163 Å². The standard InChI is InChI=1S/C19H20ClN7/c20-16-5-2-1-4-15(16)14-24-18-21-9-6-17(25-18)26-10-12-27(13-11-26)19-22-7-3-8-23-19/h1-9H,10-14H2,(H,21,24,25). The van der Waals surface area contributed by atoms with E-state index in [1.54, 1.807) is 18.6 Å². The van der Waals surface area contributed by atoms with Gasteiger partial charge in [0.25, 0.3) is 0 Å². The lowest BCUT2D eigenvalue weighted by Crippen LogP contribution is -2.47. The summed E-state index contributed by atoms with van der Waals surface area (Å²) >= 11 is 6.20. The number of halogens is 1. The molecular formula is C19H20ClN7. The van der Waals surface area contributed by atoms with Crippen molar-refractivity contribution in [1.29, 1.82) is 0 Å². The minimum Gasteiger partial charge on any atom is -0.353 e. The molecule has 0 unspecified atom stereocenters. The van der Waals surface area contributed by atoms with Gasteiger partial charge in [0.05, 0.1) is 0 Å². The van der Waals surface area contributed by atoms with Gasteiger partial charge in [-0.3, -0.25) is 0 Å². The maximum atomic E-state index is 6.20. The van der Waals surface area contributed by atoms with Gasteiger partial charge in [-0.1, -0.05) is 29.8 Å². The van der Waals surface area contributed by atoms with Crippen LogP contribution < -0.4 is 15.1 Å². The Morgan fingerprint density at radius 1 is 0.852 bits per heavy atom. The molecule has 0 saturated carbocycles.